The number of alkyl halides is 3. The first-order chi connectivity index (χ1) is 14.5. The molecule has 31 heavy (non-hydrogen) atoms. The highest BCUT2D eigenvalue weighted by Gasteiger charge is 2.31. The van der Waals surface area contributed by atoms with E-state index in [1.54, 1.807) is 24.3 Å². The Morgan fingerprint density at radius 2 is 1.68 bits per heavy atom. The summed E-state index contributed by atoms with van der Waals surface area (Å²) in [5.74, 6) is -0.409. The van der Waals surface area contributed by atoms with E-state index in [9.17, 15) is 23.2 Å². The zero-order chi connectivity index (χ0) is 22.8. The normalized spacial score (nSPS) is 12.5. The highest BCUT2D eigenvalue weighted by atomic mass is 19.4. The summed E-state index contributed by atoms with van der Waals surface area (Å²) in [6.45, 7) is 5.65. The Labute approximate surface area is 176 Å². The van der Waals surface area contributed by atoms with Gasteiger partial charge in [0, 0.05) is 5.41 Å². The van der Waals surface area contributed by atoms with Gasteiger partial charge in [-0.25, -0.2) is 9.67 Å². The lowest BCUT2D eigenvalue weighted by molar-refractivity contribution is -0.274. The fourth-order valence-electron chi connectivity index (χ4n) is 2.95. The Hall–Kier alpha value is -3.80. The van der Waals surface area contributed by atoms with Crippen molar-refractivity contribution in [3.63, 3.8) is 0 Å². The van der Waals surface area contributed by atoms with Crippen molar-refractivity contribution in [2.24, 2.45) is 4.99 Å². The molecule has 0 bridgehead atoms. The summed E-state index contributed by atoms with van der Waals surface area (Å²) in [7, 11) is 0. The van der Waals surface area contributed by atoms with Crippen LogP contribution < -0.4 is 10.3 Å². The molecule has 0 amide bonds. The molecule has 1 aromatic heterocycles. The largest absolute Gasteiger partial charge is 0.573 e. The van der Waals surface area contributed by atoms with Gasteiger partial charge >= 0.3 is 6.36 Å². The van der Waals surface area contributed by atoms with Gasteiger partial charge in [0.2, 0.25) is 0 Å². The Bertz CT molecular complexity index is 1190. The van der Waals surface area contributed by atoms with Crippen LogP contribution in [0.5, 0.6) is 5.75 Å². The predicted molar refractivity (Wildman–Crippen MR) is 110 cm³/mol. The number of nitrogens with zero attached hydrogens (tertiary/aromatic N) is 3. The first kappa shape index (κ1) is 21.9. The number of ether oxygens (including phenoxy) is 1. The van der Waals surface area contributed by atoms with Crippen LogP contribution in [0.4, 0.5) is 18.9 Å². The van der Waals surface area contributed by atoms with E-state index in [1.165, 1.54) is 16.8 Å². The van der Waals surface area contributed by atoms with Gasteiger partial charge < -0.3 is 4.74 Å². The van der Waals surface area contributed by atoms with Crippen molar-refractivity contribution in [1.82, 2.24) is 9.78 Å². The molecule has 9 heteroatoms. The summed E-state index contributed by atoms with van der Waals surface area (Å²) >= 11 is 0. The molecule has 2 aromatic carbocycles. The number of aliphatic imine (C=N–C) groups is 1. The first-order valence-electron chi connectivity index (χ1n) is 9.25. The van der Waals surface area contributed by atoms with Gasteiger partial charge in [0.15, 0.2) is 5.71 Å². The van der Waals surface area contributed by atoms with Crippen LogP contribution in [-0.4, -0.2) is 21.9 Å². The molecule has 0 aliphatic carbocycles. The molecule has 0 unspecified atom stereocenters. The van der Waals surface area contributed by atoms with Crippen LogP contribution in [0.1, 0.15) is 32.0 Å². The van der Waals surface area contributed by atoms with Crippen LogP contribution in [0, 0.1) is 11.3 Å². The van der Waals surface area contributed by atoms with Crippen molar-refractivity contribution in [3.8, 4) is 17.5 Å². The van der Waals surface area contributed by atoms with E-state index in [2.05, 4.69) is 14.8 Å². The number of nitriles is 1. The van der Waals surface area contributed by atoms with Crippen LogP contribution in [0.2, 0.25) is 0 Å². The monoisotopic (exact) mass is 428 g/mol. The van der Waals surface area contributed by atoms with Gasteiger partial charge in [0.25, 0.3) is 5.56 Å². The summed E-state index contributed by atoms with van der Waals surface area (Å²) < 4.78 is 42.2. The molecule has 160 valence electrons. The molecule has 0 aliphatic heterocycles. The Balaban J connectivity index is 2.10. The lowest BCUT2D eigenvalue weighted by Crippen LogP contribution is -2.22. The molecule has 0 saturated carbocycles. The van der Waals surface area contributed by atoms with Crippen molar-refractivity contribution >= 4 is 11.4 Å². The quantitative estimate of drug-likeness (QED) is 0.593. The van der Waals surface area contributed by atoms with Crippen LogP contribution in [0.3, 0.4) is 0 Å². The number of halogens is 3. The average molecular weight is 428 g/mol. The summed E-state index contributed by atoms with van der Waals surface area (Å²) in [5, 5.41) is 12.8. The molecule has 1 heterocycles. The van der Waals surface area contributed by atoms with Gasteiger partial charge in [-0.3, -0.25) is 9.89 Å². The zero-order valence-corrected chi connectivity index (χ0v) is 17.0. The van der Waals surface area contributed by atoms with E-state index in [-0.39, 0.29) is 17.0 Å². The Kier molecular flexibility index (Phi) is 5.75. The van der Waals surface area contributed by atoms with E-state index < -0.39 is 23.1 Å². The maximum Gasteiger partial charge on any atom is 0.573 e. The molecule has 1 N–H and O–H groups in total. The van der Waals surface area contributed by atoms with Crippen LogP contribution in [0.25, 0.3) is 5.69 Å². The molecular formula is C22H19F3N4O2. The summed E-state index contributed by atoms with van der Waals surface area (Å²) in [6.07, 6.45) is -4.81. The van der Waals surface area contributed by atoms with Crippen molar-refractivity contribution in [2.75, 3.05) is 0 Å². The summed E-state index contributed by atoms with van der Waals surface area (Å²) in [6, 6.07) is 15.5. The number of hydrogen-bond acceptors (Lipinski definition) is 4. The highest BCUT2D eigenvalue weighted by Crippen LogP contribution is 2.27. The molecular weight excluding hydrogens is 409 g/mol. The second-order valence-corrected chi connectivity index (χ2v) is 7.70. The standard InChI is InChI=1S/C22H19F3N4O2/c1-21(2,3)19-18(20(30)29(28-19)15-7-5-4-6-8-15)17(13-26)27-14-9-11-16(12-10-14)31-22(23,24)25/h4-12,28H,1-3H3. The van der Waals surface area contributed by atoms with E-state index in [0.29, 0.717) is 11.4 Å². The van der Waals surface area contributed by atoms with Gasteiger partial charge in [0.05, 0.1) is 22.6 Å². The molecule has 0 radical (unpaired) electrons. The Morgan fingerprint density at radius 3 is 2.19 bits per heavy atom. The third-order valence-corrected chi connectivity index (χ3v) is 4.31. The van der Waals surface area contributed by atoms with Crippen molar-refractivity contribution in [2.45, 2.75) is 32.5 Å². The topological polar surface area (TPSA) is 83.2 Å². The molecule has 0 spiro atoms. The van der Waals surface area contributed by atoms with Crippen molar-refractivity contribution in [3.05, 3.63) is 76.2 Å². The average Bonchev–Trinajstić information content (AvgIpc) is 3.04. The number of rotatable bonds is 4. The van der Waals surface area contributed by atoms with Gasteiger partial charge in [-0.05, 0) is 36.4 Å². The maximum absolute atomic E-state index is 13.2. The van der Waals surface area contributed by atoms with E-state index in [1.807, 2.05) is 32.9 Å². The fraction of sp³-hybridized carbons (Fsp3) is 0.227. The first-order valence-corrected chi connectivity index (χ1v) is 9.25. The minimum atomic E-state index is -4.81. The van der Waals surface area contributed by atoms with Gasteiger partial charge in [-0.1, -0.05) is 39.0 Å². The molecule has 0 atom stereocenters. The fourth-order valence-corrected chi connectivity index (χ4v) is 2.95. The summed E-state index contributed by atoms with van der Waals surface area (Å²) in [5.41, 5.74) is 0.302. The molecule has 0 aliphatic rings. The van der Waals surface area contributed by atoms with E-state index >= 15 is 0 Å². The molecule has 3 rings (SSSR count). The lowest BCUT2D eigenvalue weighted by Gasteiger charge is -2.17. The minimum absolute atomic E-state index is 0.106. The van der Waals surface area contributed by atoms with Crippen molar-refractivity contribution in [1.29, 1.82) is 5.26 Å². The SMILES string of the molecule is CC(C)(C)c1[nH]n(-c2ccccc2)c(=O)c1C(C#N)=Nc1ccc(OC(F)(F)F)cc1. The number of nitrogens with one attached hydrogen (secondary N) is 1. The predicted octanol–water partition coefficient (Wildman–Crippen LogP) is 5.01. The lowest BCUT2D eigenvalue weighted by atomic mass is 9.88. The highest BCUT2D eigenvalue weighted by molar-refractivity contribution is 6.13. The molecule has 0 fully saturated rings. The minimum Gasteiger partial charge on any atom is -0.406 e. The van der Waals surface area contributed by atoms with E-state index in [0.717, 1.165) is 12.1 Å². The number of aromatic nitrogens is 2. The second kappa shape index (κ2) is 8.14. The number of H-pyrrole nitrogens is 1. The van der Waals surface area contributed by atoms with Crippen molar-refractivity contribution < 1.29 is 17.9 Å². The van der Waals surface area contributed by atoms with Crippen LogP contribution in [0.15, 0.2) is 64.4 Å². The number of benzene rings is 2. The van der Waals surface area contributed by atoms with Gasteiger partial charge in [-0.2, -0.15) is 5.26 Å². The maximum atomic E-state index is 13.2. The number of hydrogen-bond donors (Lipinski definition) is 1. The van der Waals surface area contributed by atoms with Crippen LogP contribution in [-0.2, 0) is 5.41 Å². The second-order valence-electron chi connectivity index (χ2n) is 7.70. The number of aromatic amines is 1. The van der Waals surface area contributed by atoms with E-state index in [4.69, 9.17) is 0 Å². The number of para-hydroxylation sites is 1. The third-order valence-electron chi connectivity index (χ3n) is 4.31. The molecule has 0 saturated heterocycles. The third kappa shape index (κ3) is 5.04. The zero-order valence-electron chi connectivity index (χ0n) is 17.0. The summed E-state index contributed by atoms with van der Waals surface area (Å²) in [4.78, 5) is 17.4. The molecule has 6 nitrogen and oxygen atoms in total. The Morgan fingerprint density at radius 1 is 1.06 bits per heavy atom. The van der Waals surface area contributed by atoms with Gasteiger partial charge in [0.1, 0.15) is 11.8 Å². The molecule has 3 aromatic rings. The smallest absolute Gasteiger partial charge is 0.406 e. The van der Waals surface area contributed by atoms with Crippen LogP contribution >= 0.6 is 0 Å². The van der Waals surface area contributed by atoms with Gasteiger partial charge in [-0.15, -0.1) is 13.2 Å².